The molecule has 0 bridgehead atoms. The molecule has 0 unspecified atom stereocenters. The lowest BCUT2D eigenvalue weighted by Crippen LogP contribution is -2.15. The number of ether oxygens (including phenoxy) is 3. The van der Waals surface area contributed by atoms with Crippen molar-refractivity contribution in [2.75, 3.05) is 26.4 Å². The molecule has 0 radical (unpaired) electrons. The predicted molar refractivity (Wildman–Crippen MR) is 92.5 cm³/mol. The number of benzene rings is 2. The van der Waals surface area contributed by atoms with Crippen molar-refractivity contribution in [2.24, 2.45) is 5.16 Å². The smallest absolute Gasteiger partial charge is 0.162 e. The molecule has 0 fully saturated rings. The van der Waals surface area contributed by atoms with E-state index < -0.39 is 0 Å². The third-order valence-corrected chi connectivity index (χ3v) is 3.74. The second-order valence-corrected chi connectivity index (χ2v) is 5.55. The van der Waals surface area contributed by atoms with Crippen LogP contribution in [0.5, 0.6) is 17.2 Å². The number of rotatable bonds is 6. The molecule has 24 heavy (non-hydrogen) atoms. The van der Waals surface area contributed by atoms with Crippen molar-refractivity contribution < 1.29 is 19.0 Å². The first kappa shape index (κ1) is 16.5. The number of hydrogen-bond acceptors (Lipinski definition) is 5. The van der Waals surface area contributed by atoms with Gasteiger partial charge in [0.1, 0.15) is 25.6 Å². The molecule has 0 atom stereocenters. The lowest BCUT2D eigenvalue weighted by atomic mass is 10.1. The molecule has 5 nitrogen and oxygen atoms in total. The summed E-state index contributed by atoms with van der Waals surface area (Å²) in [5.41, 5.74) is 1.68. The van der Waals surface area contributed by atoms with Crippen LogP contribution in [0.1, 0.15) is 12.5 Å². The van der Waals surface area contributed by atoms with E-state index in [9.17, 15) is 0 Å². The van der Waals surface area contributed by atoms with Crippen LogP contribution in [0.15, 0.2) is 47.6 Å². The highest BCUT2D eigenvalue weighted by Gasteiger charge is 2.12. The van der Waals surface area contributed by atoms with Gasteiger partial charge in [0.25, 0.3) is 0 Å². The molecule has 6 heteroatoms. The van der Waals surface area contributed by atoms with Gasteiger partial charge in [-0.1, -0.05) is 28.9 Å². The fourth-order valence-corrected chi connectivity index (χ4v) is 2.40. The topological polar surface area (TPSA) is 49.3 Å². The van der Waals surface area contributed by atoms with E-state index in [1.807, 2.05) is 43.3 Å². The number of para-hydroxylation sites is 1. The molecule has 126 valence electrons. The van der Waals surface area contributed by atoms with Crippen LogP contribution < -0.4 is 14.2 Å². The van der Waals surface area contributed by atoms with E-state index >= 15 is 0 Å². The van der Waals surface area contributed by atoms with Crippen molar-refractivity contribution in [1.29, 1.82) is 0 Å². The zero-order valence-corrected chi connectivity index (χ0v) is 14.1. The van der Waals surface area contributed by atoms with E-state index in [4.69, 9.17) is 30.6 Å². The van der Waals surface area contributed by atoms with Crippen molar-refractivity contribution >= 4 is 17.3 Å². The summed E-state index contributed by atoms with van der Waals surface area (Å²) in [6.45, 7) is 3.70. The van der Waals surface area contributed by atoms with E-state index in [0.717, 1.165) is 22.8 Å². The minimum absolute atomic E-state index is 0.327. The number of nitrogens with zero attached hydrogens (tertiary/aromatic N) is 1. The highest BCUT2D eigenvalue weighted by molar-refractivity contribution is 6.32. The zero-order valence-electron chi connectivity index (χ0n) is 13.3. The summed E-state index contributed by atoms with van der Waals surface area (Å²) >= 11 is 6.01. The van der Waals surface area contributed by atoms with Gasteiger partial charge in [0.15, 0.2) is 18.1 Å². The second kappa shape index (κ2) is 7.93. The number of fused-ring (bicyclic) bond motifs is 1. The summed E-state index contributed by atoms with van der Waals surface area (Å²) in [5.74, 6) is 2.12. The van der Waals surface area contributed by atoms with Gasteiger partial charge in [-0.3, -0.25) is 0 Å². The molecule has 1 aliphatic heterocycles. The Kier molecular flexibility index (Phi) is 5.43. The van der Waals surface area contributed by atoms with Crippen LogP contribution in [0.3, 0.4) is 0 Å². The van der Waals surface area contributed by atoms with Crippen LogP contribution in [-0.4, -0.2) is 32.1 Å². The van der Waals surface area contributed by atoms with E-state index in [-0.39, 0.29) is 0 Å². The summed E-state index contributed by atoms with van der Waals surface area (Å²) in [4.78, 5) is 5.30. The van der Waals surface area contributed by atoms with Crippen molar-refractivity contribution in [1.82, 2.24) is 0 Å². The molecule has 2 aromatic carbocycles. The van der Waals surface area contributed by atoms with E-state index in [2.05, 4.69) is 5.16 Å². The Labute approximate surface area is 145 Å². The standard InChI is InChI=1S/C18H18ClNO4/c1-13(14-6-7-17-18(12-14)23-9-8-22-17)20-24-11-10-21-16-5-3-2-4-15(16)19/h2-7,12H,8-11H2,1H3/b20-13-. The molecule has 0 aromatic heterocycles. The summed E-state index contributed by atoms with van der Waals surface area (Å²) in [6.07, 6.45) is 0. The van der Waals surface area contributed by atoms with E-state index in [1.54, 1.807) is 6.07 Å². The molecule has 0 spiro atoms. The Morgan fingerprint density at radius 1 is 1.08 bits per heavy atom. The maximum atomic E-state index is 6.01. The van der Waals surface area contributed by atoms with E-state index in [1.165, 1.54) is 0 Å². The van der Waals surface area contributed by atoms with Gasteiger partial charge in [0, 0.05) is 5.56 Å². The molecule has 3 rings (SSSR count). The van der Waals surface area contributed by atoms with Gasteiger partial charge in [-0.05, 0) is 37.3 Å². The van der Waals surface area contributed by atoms with E-state index in [0.29, 0.717) is 37.2 Å². The lowest BCUT2D eigenvalue weighted by Gasteiger charge is -2.18. The average Bonchev–Trinajstić information content (AvgIpc) is 2.62. The van der Waals surface area contributed by atoms with Crippen LogP contribution in [0.4, 0.5) is 0 Å². The first-order valence-corrected chi connectivity index (χ1v) is 8.06. The Balaban J connectivity index is 1.50. The van der Waals surface area contributed by atoms with Gasteiger partial charge in [0.2, 0.25) is 0 Å². The lowest BCUT2D eigenvalue weighted by molar-refractivity contribution is 0.107. The van der Waals surface area contributed by atoms with Gasteiger partial charge >= 0.3 is 0 Å². The highest BCUT2D eigenvalue weighted by atomic mass is 35.5. The van der Waals surface area contributed by atoms with Gasteiger partial charge < -0.3 is 19.0 Å². The van der Waals surface area contributed by atoms with Crippen molar-refractivity contribution in [3.05, 3.63) is 53.1 Å². The molecule has 0 saturated heterocycles. The van der Waals surface area contributed by atoms with Gasteiger partial charge in [-0.25, -0.2) is 0 Å². The molecule has 1 aliphatic rings. The van der Waals surface area contributed by atoms with Crippen molar-refractivity contribution in [3.8, 4) is 17.2 Å². The normalized spacial score (nSPS) is 13.5. The quantitative estimate of drug-likeness (QED) is 0.451. The largest absolute Gasteiger partial charge is 0.488 e. The second-order valence-electron chi connectivity index (χ2n) is 5.15. The highest BCUT2D eigenvalue weighted by Crippen LogP contribution is 2.30. The van der Waals surface area contributed by atoms with Gasteiger partial charge in [-0.15, -0.1) is 0 Å². The SMILES string of the molecule is C/C(=N/OCCOc1ccccc1Cl)c1ccc2c(c1)OCCO2. The van der Waals surface area contributed by atoms with Crippen molar-refractivity contribution in [2.45, 2.75) is 6.92 Å². The monoisotopic (exact) mass is 347 g/mol. The average molecular weight is 348 g/mol. The molecular weight excluding hydrogens is 330 g/mol. The van der Waals surface area contributed by atoms with Crippen LogP contribution in [-0.2, 0) is 4.84 Å². The Morgan fingerprint density at radius 2 is 1.88 bits per heavy atom. The maximum Gasteiger partial charge on any atom is 0.162 e. The molecule has 1 heterocycles. The molecule has 0 amide bonds. The number of oxime groups is 1. The fourth-order valence-electron chi connectivity index (χ4n) is 2.21. The summed E-state index contributed by atoms with van der Waals surface area (Å²) in [7, 11) is 0. The molecule has 0 saturated carbocycles. The summed E-state index contributed by atoms with van der Waals surface area (Å²) in [6, 6.07) is 13.0. The molecular formula is C18H18ClNO4. The first-order valence-electron chi connectivity index (χ1n) is 7.68. The van der Waals surface area contributed by atoms with Crippen molar-refractivity contribution in [3.63, 3.8) is 0 Å². The van der Waals surface area contributed by atoms with Gasteiger partial charge in [-0.2, -0.15) is 0 Å². The van der Waals surface area contributed by atoms with Gasteiger partial charge in [0.05, 0.1) is 10.7 Å². The zero-order chi connectivity index (χ0) is 16.8. The maximum absolute atomic E-state index is 6.01. The van der Waals surface area contributed by atoms with Crippen LogP contribution in [0.25, 0.3) is 0 Å². The first-order chi connectivity index (χ1) is 11.7. The molecule has 0 aliphatic carbocycles. The third kappa shape index (κ3) is 4.11. The summed E-state index contributed by atoms with van der Waals surface area (Å²) in [5, 5.41) is 4.68. The number of hydrogen-bond donors (Lipinski definition) is 0. The Bertz CT molecular complexity index is 733. The Hall–Kier alpha value is -2.40. The summed E-state index contributed by atoms with van der Waals surface area (Å²) < 4.78 is 16.6. The predicted octanol–water partition coefficient (Wildman–Crippen LogP) is 3.93. The Morgan fingerprint density at radius 3 is 2.71 bits per heavy atom. The van der Waals surface area contributed by atoms with Crippen LogP contribution in [0, 0.1) is 0 Å². The van der Waals surface area contributed by atoms with Crippen LogP contribution >= 0.6 is 11.6 Å². The molecule has 2 aromatic rings. The fraction of sp³-hybridized carbons (Fsp3) is 0.278. The molecule has 0 N–H and O–H groups in total. The van der Waals surface area contributed by atoms with Crippen LogP contribution in [0.2, 0.25) is 5.02 Å². The number of halogens is 1. The third-order valence-electron chi connectivity index (χ3n) is 3.43. The minimum atomic E-state index is 0.327. The minimum Gasteiger partial charge on any atom is -0.488 e.